The minimum Gasteiger partial charge on any atom is -0.349 e. The maximum atomic E-state index is 12.3. The molecule has 1 aromatic heterocycles. The second-order valence-electron chi connectivity index (χ2n) is 7.44. The first kappa shape index (κ1) is 18.4. The zero-order chi connectivity index (χ0) is 18.5. The van der Waals surface area contributed by atoms with Crippen LogP contribution in [0.5, 0.6) is 0 Å². The largest absolute Gasteiger partial charge is 0.349 e. The SMILES string of the molecule is Cc1cc(C(=O)NC(C)C)nc(N2CCC(Cc3ccccc3)CC2)n1. The Labute approximate surface area is 155 Å². The average molecular weight is 352 g/mol. The maximum absolute atomic E-state index is 12.3. The maximum Gasteiger partial charge on any atom is 0.270 e. The van der Waals surface area contributed by atoms with E-state index in [1.165, 1.54) is 5.56 Å². The second kappa shape index (κ2) is 8.30. The van der Waals surface area contributed by atoms with Gasteiger partial charge in [0.2, 0.25) is 5.95 Å². The number of anilines is 1. The molecular formula is C21H28N4O. The first-order valence-electron chi connectivity index (χ1n) is 9.46. The lowest BCUT2D eigenvalue weighted by Gasteiger charge is -2.32. The lowest BCUT2D eigenvalue weighted by Crippen LogP contribution is -2.36. The summed E-state index contributed by atoms with van der Waals surface area (Å²) >= 11 is 0. The van der Waals surface area contributed by atoms with Crippen molar-refractivity contribution in [2.45, 2.75) is 46.1 Å². The zero-order valence-corrected chi connectivity index (χ0v) is 15.9. The number of piperidine rings is 1. The number of amides is 1. The molecule has 3 rings (SSSR count). The highest BCUT2D eigenvalue weighted by Gasteiger charge is 2.22. The van der Waals surface area contributed by atoms with Gasteiger partial charge in [0.1, 0.15) is 5.69 Å². The summed E-state index contributed by atoms with van der Waals surface area (Å²) in [6, 6.07) is 12.5. The Morgan fingerprint density at radius 2 is 1.88 bits per heavy atom. The van der Waals surface area contributed by atoms with E-state index in [0.29, 0.717) is 17.6 Å². The van der Waals surface area contributed by atoms with Gasteiger partial charge in [0, 0.05) is 24.8 Å². The number of aromatic nitrogens is 2. The van der Waals surface area contributed by atoms with Crippen LogP contribution in [0.1, 0.15) is 48.4 Å². The average Bonchev–Trinajstić information content (AvgIpc) is 2.62. The quantitative estimate of drug-likeness (QED) is 0.896. The fraction of sp³-hybridized carbons (Fsp3) is 0.476. The molecule has 1 aliphatic rings. The molecule has 0 saturated carbocycles. The molecule has 26 heavy (non-hydrogen) atoms. The highest BCUT2D eigenvalue weighted by Crippen LogP contribution is 2.24. The Morgan fingerprint density at radius 1 is 1.19 bits per heavy atom. The number of benzene rings is 1. The van der Waals surface area contributed by atoms with Crippen molar-refractivity contribution in [1.82, 2.24) is 15.3 Å². The Hall–Kier alpha value is -2.43. The number of carbonyl (C=O) groups is 1. The normalized spacial score (nSPS) is 15.3. The minimum atomic E-state index is -0.134. The van der Waals surface area contributed by atoms with E-state index in [4.69, 9.17) is 0 Å². The van der Waals surface area contributed by atoms with Crippen molar-refractivity contribution in [3.63, 3.8) is 0 Å². The summed E-state index contributed by atoms with van der Waals surface area (Å²) in [4.78, 5) is 23.6. The van der Waals surface area contributed by atoms with Gasteiger partial charge in [-0.15, -0.1) is 0 Å². The van der Waals surface area contributed by atoms with E-state index in [0.717, 1.165) is 38.0 Å². The third-order valence-electron chi connectivity index (χ3n) is 4.76. The van der Waals surface area contributed by atoms with Crippen LogP contribution in [-0.2, 0) is 6.42 Å². The molecule has 1 aliphatic heterocycles. The molecule has 5 nitrogen and oxygen atoms in total. The Morgan fingerprint density at radius 3 is 2.54 bits per heavy atom. The van der Waals surface area contributed by atoms with Crippen molar-refractivity contribution in [2.75, 3.05) is 18.0 Å². The van der Waals surface area contributed by atoms with Crippen molar-refractivity contribution < 1.29 is 4.79 Å². The molecule has 0 spiro atoms. The van der Waals surface area contributed by atoms with E-state index in [1.54, 1.807) is 6.07 Å². The highest BCUT2D eigenvalue weighted by molar-refractivity contribution is 5.92. The second-order valence-corrected chi connectivity index (χ2v) is 7.44. The lowest BCUT2D eigenvalue weighted by atomic mass is 9.90. The summed E-state index contributed by atoms with van der Waals surface area (Å²) in [7, 11) is 0. The van der Waals surface area contributed by atoms with Crippen molar-refractivity contribution >= 4 is 11.9 Å². The molecule has 2 aromatic rings. The Bertz CT molecular complexity index is 737. The van der Waals surface area contributed by atoms with Crippen LogP contribution in [0.3, 0.4) is 0 Å². The Balaban J connectivity index is 1.63. The van der Waals surface area contributed by atoms with Crippen LogP contribution in [0.25, 0.3) is 0 Å². The van der Waals surface area contributed by atoms with Crippen LogP contribution in [0, 0.1) is 12.8 Å². The van der Waals surface area contributed by atoms with E-state index in [9.17, 15) is 4.79 Å². The summed E-state index contributed by atoms with van der Waals surface area (Å²) in [5.74, 6) is 1.24. The van der Waals surface area contributed by atoms with Gasteiger partial charge in [-0.05, 0) is 57.6 Å². The number of hydrogen-bond acceptors (Lipinski definition) is 4. The molecule has 1 N–H and O–H groups in total. The summed E-state index contributed by atoms with van der Waals surface area (Å²) in [5.41, 5.74) is 2.69. The van der Waals surface area contributed by atoms with E-state index in [2.05, 4.69) is 50.5 Å². The van der Waals surface area contributed by atoms with Gasteiger partial charge in [0.15, 0.2) is 0 Å². The van der Waals surface area contributed by atoms with Crippen LogP contribution in [0.2, 0.25) is 0 Å². The molecule has 1 saturated heterocycles. The summed E-state index contributed by atoms with van der Waals surface area (Å²) in [6.45, 7) is 7.69. The van der Waals surface area contributed by atoms with E-state index < -0.39 is 0 Å². The number of aryl methyl sites for hydroxylation is 1. The summed E-state index contributed by atoms with van der Waals surface area (Å²) in [5, 5.41) is 2.90. The van der Waals surface area contributed by atoms with Gasteiger partial charge in [-0.1, -0.05) is 30.3 Å². The molecular weight excluding hydrogens is 324 g/mol. The monoisotopic (exact) mass is 352 g/mol. The highest BCUT2D eigenvalue weighted by atomic mass is 16.1. The first-order valence-corrected chi connectivity index (χ1v) is 9.46. The van der Waals surface area contributed by atoms with Crippen LogP contribution >= 0.6 is 0 Å². The van der Waals surface area contributed by atoms with Gasteiger partial charge in [-0.2, -0.15) is 0 Å². The zero-order valence-electron chi connectivity index (χ0n) is 15.9. The van der Waals surface area contributed by atoms with Gasteiger partial charge in [0.05, 0.1) is 0 Å². The molecule has 1 fully saturated rings. The topological polar surface area (TPSA) is 58.1 Å². The van der Waals surface area contributed by atoms with Crippen molar-refractivity contribution in [3.8, 4) is 0 Å². The van der Waals surface area contributed by atoms with Gasteiger partial charge >= 0.3 is 0 Å². The molecule has 0 unspecified atom stereocenters. The van der Waals surface area contributed by atoms with Crippen LogP contribution in [0.4, 0.5) is 5.95 Å². The third-order valence-corrected chi connectivity index (χ3v) is 4.76. The van der Waals surface area contributed by atoms with Gasteiger partial charge in [-0.3, -0.25) is 4.79 Å². The predicted molar refractivity (Wildman–Crippen MR) is 104 cm³/mol. The van der Waals surface area contributed by atoms with E-state index in [1.807, 2.05) is 20.8 Å². The lowest BCUT2D eigenvalue weighted by molar-refractivity contribution is 0.0938. The van der Waals surface area contributed by atoms with Crippen molar-refractivity contribution in [3.05, 3.63) is 53.3 Å². The van der Waals surface area contributed by atoms with E-state index in [-0.39, 0.29) is 11.9 Å². The molecule has 0 radical (unpaired) electrons. The predicted octanol–water partition coefficient (Wildman–Crippen LogP) is 3.38. The number of carbonyl (C=O) groups excluding carboxylic acids is 1. The molecule has 2 heterocycles. The van der Waals surface area contributed by atoms with E-state index >= 15 is 0 Å². The number of hydrogen-bond donors (Lipinski definition) is 1. The van der Waals surface area contributed by atoms with Crippen LogP contribution in [-0.4, -0.2) is 35.0 Å². The standard InChI is InChI=1S/C21H28N4O/c1-15(2)22-20(26)19-13-16(3)23-21(24-19)25-11-9-18(10-12-25)14-17-7-5-4-6-8-17/h4-8,13,15,18H,9-12,14H2,1-3H3,(H,22,26). The molecule has 138 valence electrons. The first-order chi connectivity index (χ1) is 12.5. The molecule has 0 aliphatic carbocycles. The third kappa shape index (κ3) is 4.81. The number of nitrogens with zero attached hydrogens (tertiary/aromatic N) is 3. The van der Waals surface area contributed by atoms with Gasteiger partial charge in [-0.25, -0.2) is 9.97 Å². The molecule has 1 aromatic carbocycles. The Kier molecular flexibility index (Phi) is 5.86. The fourth-order valence-corrected chi connectivity index (χ4v) is 3.43. The van der Waals surface area contributed by atoms with Gasteiger partial charge < -0.3 is 10.2 Å². The summed E-state index contributed by atoms with van der Waals surface area (Å²) in [6.07, 6.45) is 3.38. The molecule has 1 amide bonds. The number of nitrogens with one attached hydrogen (secondary N) is 1. The fourth-order valence-electron chi connectivity index (χ4n) is 3.43. The van der Waals surface area contributed by atoms with Crippen LogP contribution < -0.4 is 10.2 Å². The van der Waals surface area contributed by atoms with Crippen molar-refractivity contribution in [2.24, 2.45) is 5.92 Å². The van der Waals surface area contributed by atoms with Crippen LogP contribution in [0.15, 0.2) is 36.4 Å². The molecule has 0 bridgehead atoms. The van der Waals surface area contributed by atoms with Gasteiger partial charge in [0.25, 0.3) is 5.91 Å². The number of rotatable bonds is 5. The summed E-state index contributed by atoms with van der Waals surface area (Å²) < 4.78 is 0. The van der Waals surface area contributed by atoms with Crippen molar-refractivity contribution in [1.29, 1.82) is 0 Å². The smallest absolute Gasteiger partial charge is 0.270 e. The molecule has 0 atom stereocenters. The minimum absolute atomic E-state index is 0.0925. The molecule has 5 heteroatoms.